The third-order valence-corrected chi connectivity index (χ3v) is 4.22. The van der Waals surface area contributed by atoms with E-state index in [1.54, 1.807) is 6.07 Å². The molecule has 23 heavy (non-hydrogen) atoms. The SMILES string of the molecule is Cc1ccc(CNC(=O)c2cccc(N3CCCCC3)n2)cc1. The molecule has 0 aliphatic carbocycles. The van der Waals surface area contributed by atoms with Gasteiger partial charge in [0, 0.05) is 19.6 Å². The van der Waals surface area contributed by atoms with E-state index in [1.165, 1.54) is 24.8 Å². The molecule has 1 fully saturated rings. The zero-order chi connectivity index (χ0) is 16.1. The smallest absolute Gasteiger partial charge is 0.270 e. The number of aryl methyl sites for hydroxylation is 1. The number of carbonyl (C=O) groups is 1. The molecule has 0 unspecified atom stereocenters. The van der Waals surface area contributed by atoms with Crippen LogP contribution in [0.15, 0.2) is 42.5 Å². The Bertz CT molecular complexity index is 661. The second-order valence-electron chi connectivity index (χ2n) is 6.10. The van der Waals surface area contributed by atoms with Crippen molar-refractivity contribution in [3.8, 4) is 0 Å². The summed E-state index contributed by atoms with van der Waals surface area (Å²) in [5.41, 5.74) is 2.80. The maximum absolute atomic E-state index is 12.3. The normalized spacial score (nSPS) is 14.6. The molecule has 0 atom stereocenters. The predicted molar refractivity (Wildman–Crippen MR) is 92.7 cm³/mol. The number of hydrogen-bond donors (Lipinski definition) is 1. The van der Waals surface area contributed by atoms with Crippen LogP contribution in [0, 0.1) is 6.92 Å². The van der Waals surface area contributed by atoms with Gasteiger partial charge < -0.3 is 10.2 Å². The molecule has 120 valence electrons. The highest BCUT2D eigenvalue weighted by Gasteiger charge is 2.14. The molecule has 1 aliphatic heterocycles. The van der Waals surface area contributed by atoms with E-state index < -0.39 is 0 Å². The van der Waals surface area contributed by atoms with Crippen molar-refractivity contribution in [1.82, 2.24) is 10.3 Å². The van der Waals surface area contributed by atoms with Gasteiger partial charge in [-0.05, 0) is 43.9 Å². The fourth-order valence-corrected chi connectivity index (χ4v) is 2.83. The number of benzene rings is 1. The van der Waals surface area contributed by atoms with Gasteiger partial charge in [-0.3, -0.25) is 4.79 Å². The van der Waals surface area contributed by atoms with Crippen molar-refractivity contribution in [1.29, 1.82) is 0 Å². The van der Waals surface area contributed by atoms with Gasteiger partial charge in [0.25, 0.3) is 5.91 Å². The highest BCUT2D eigenvalue weighted by atomic mass is 16.1. The first-order valence-corrected chi connectivity index (χ1v) is 8.28. The summed E-state index contributed by atoms with van der Waals surface area (Å²) in [7, 11) is 0. The van der Waals surface area contributed by atoms with E-state index in [0.717, 1.165) is 24.5 Å². The first-order valence-electron chi connectivity index (χ1n) is 8.28. The van der Waals surface area contributed by atoms with Gasteiger partial charge in [0.1, 0.15) is 11.5 Å². The molecule has 2 aromatic rings. The molecule has 1 saturated heterocycles. The van der Waals surface area contributed by atoms with Gasteiger partial charge in [-0.2, -0.15) is 0 Å². The molecule has 1 amide bonds. The van der Waals surface area contributed by atoms with Crippen molar-refractivity contribution < 1.29 is 4.79 Å². The number of amides is 1. The summed E-state index contributed by atoms with van der Waals surface area (Å²) in [6.07, 6.45) is 3.68. The van der Waals surface area contributed by atoms with Gasteiger partial charge in [-0.15, -0.1) is 0 Å². The topological polar surface area (TPSA) is 45.2 Å². The van der Waals surface area contributed by atoms with Crippen molar-refractivity contribution in [3.63, 3.8) is 0 Å². The van der Waals surface area contributed by atoms with Crippen molar-refractivity contribution >= 4 is 11.7 Å². The first kappa shape index (κ1) is 15.5. The Labute approximate surface area is 137 Å². The van der Waals surface area contributed by atoms with Crippen LogP contribution in [0.25, 0.3) is 0 Å². The van der Waals surface area contributed by atoms with Crippen LogP contribution in [-0.2, 0) is 6.54 Å². The number of piperidine rings is 1. The molecule has 4 heteroatoms. The number of nitrogens with zero attached hydrogens (tertiary/aromatic N) is 2. The maximum atomic E-state index is 12.3. The highest BCUT2D eigenvalue weighted by Crippen LogP contribution is 2.17. The molecule has 0 radical (unpaired) electrons. The fourth-order valence-electron chi connectivity index (χ4n) is 2.83. The Hall–Kier alpha value is -2.36. The molecule has 1 N–H and O–H groups in total. The summed E-state index contributed by atoms with van der Waals surface area (Å²) in [6, 6.07) is 13.9. The summed E-state index contributed by atoms with van der Waals surface area (Å²) in [4.78, 5) is 19.1. The van der Waals surface area contributed by atoms with Gasteiger partial charge in [0.05, 0.1) is 0 Å². The number of pyridine rings is 1. The Morgan fingerprint density at radius 2 is 1.83 bits per heavy atom. The maximum Gasteiger partial charge on any atom is 0.270 e. The Morgan fingerprint density at radius 3 is 2.57 bits per heavy atom. The predicted octanol–water partition coefficient (Wildman–Crippen LogP) is 3.31. The molecule has 4 nitrogen and oxygen atoms in total. The lowest BCUT2D eigenvalue weighted by Gasteiger charge is -2.27. The van der Waals surface area contributed by atoms with Gasteiger partial charge >= 0.3 is 0 Å². The number of carbonyl (C=O) groups excluding carboxylic acids is 1. The van der Waals surface area contributed by atoms with E-state index >= 15 is 0 Å². The van der Waals surface area contributed by atoms with Crippen LogP contribution in [-0.4, -0.2) is 24.0 Å². The molecule has 1 aliphatic rings. The van der Waals surface area contributed by atoms with Gasteiger partial charge in [0.2, 0.25) is 0 Å². The summed E-state index contributed by atoms with van der Waals surface area (Å²) in [6.45, 7) is 4.63. The van der Waals surface area contributed by atoms with Gasteiger partial charge in [-0.1, -0.05) is 35.9 Å². The van der Waals surface area contributed by atoms with Gasteiger partial charge in [-0.25, -0.2) is 4.98 Å². The van der Waals surface area contributed by atoms with Crippen LogP contribution >= 0.6 is 0 Å². The number of anilines is 1. The Morgan fingerprint density at radius 1 is 1.09 bits per heavy atom. The van der Waals surface area contributed by atoms with E-state index in [-0.39, 0.29) is 5.91 Å². The minimum atomic E-state index is -0.121. The summed E-state index contributed by atoms with van der Waals surface area (Å²) in [5, 5.41) is 2.94. The van der Waals surface area contributed by atoms with Crippen molar-refractivity contribution in [3.05, 3.63) is 59.3 Å². The Kier molecular flexibility index (Phi) is 4.91. The summed E-state index contributed by atoms with van der Waals surface area (Å²) < 4.78 is 0. The van der Waals surface area contributed by atoms with Crippen LogP contribution in [0.5, 0.6) is 0 Å². The second-order valence-corrected chi connectivity index (χ2v) is 6.10. The molecule has 3 rings (SSSR count). The third-order valence-electron chi connectivity index (χ3n) is 4.22. The number of hydrogen-bond acceptors (Lipinski definition) is 3. The molecule has 0 saturated carbocycles. The second kappa shape index (κ2) is 7.27. The minimum absolute atomic E-state index is 0.121. The lowest BCUT2D eigenvalue weighted by molar-refractivity contribution is 0.0946. The molecular weight excluding hydrogens is 286 g/mol. The average molecular weight is 309 g/mol. The van der Waals surface area contributed by atoms with Crippen LogP contribution < -0.4 is 10.2 Å². The number of aromatic nitrogens is 1. The monoisotopic (exact) mass is 309 g/mol. The summed E-state index contributed by atoms with van der Waals surface area (Å²) >= 11 is 0. The van der Waals surface area contributed by atoms with E-state index in [0.29, 0.717) is 12.2 Å². The van der Waals surface area contributed by atoms with Crippen molar-refractivity contribution in [2.45, 2.75) is 32.7 Å². The van der Waals surface area contributed by atoms with E-state index in [1.807, 2.05) is 24.3 Å². The van der Waals surface area contributed by atoms with Crippen molar-refractivity contribution in [2.24, 2.45) is 0 Å². The lowest BCUT2D eigenvalue weighted by atomic mass is 10.1. The van der Waals surface area contributed by atoms with Crippen molar-refractivity contribution in [2.75, 3.05) is 18.0 Å². The molecule has 0 bridgehead atoms. The third kappa shape index (κ3) is 4.09. The lowest BCUT2D eigenvalue weighted by Crippen LogP contribution is -2.31. The molecule has 1 aromatic carbocycles. The zero-order valence-electron chi connectivity index (χ0n) is 13.6. The molecule has 1 aromatic heterocycles. The molecule has 0 spiro atoms. The largest absolute Gasteiger partial charge is 0.357 e. The van der Waals surface area contributed by atoms with Gasteiger partial charge in [0.15, 0.2) is 0 Å². The Balaban J connectivity index is 1.63. The summed E-state index contributed by atoms with van der Waals surface area (Å²) in [5.74, 6) is 0.789. The minimum Gasteiger partial charge on any atom is -0.357 e. The highest BCUT2D eigenvalue weighted by molar-refractivity contribution is 5.92. The molecule has 2 heterocycles. The first-order chi connectivity index (χ1) is 11.2. The number of rotatable bonds is 4. The van der Waals surface area contributed by atoms with Crippen LogP contribution in [0.4, 0.5) is 5.82 Å². The fraction of sp³-hybridized carbons (Fsp3) is 0.368. The number of nitrogens with one attached hydrogen (secondary N) is 1. The van der Waals surface area contributed by atoms with E-state index in [9.17, 15) is 4.79 Å². The van der Waals surface area contributed by atoms with E-state index in [2.05, 4.69) is 34.3 Å². The van der Waals surface area contributed by atoms with Crippen LogP contribution in [0.2, 0.25) is 0 Å². The zero-order valence-corrected chi connectivity index (χ0v) is 13.6. The standard InChI is InChI=1S/C19H23N3O/c1-15-8-10-16(11-9-15)14-20-19(23)17-6-5-7-18(21-17)22-12-3-2-4-13-22/h5-11H,2-4,12-14H2,1H3,(H,20,23). The van der Waals surface area contributed by atoms with Crippen LogP contribution in [0.1, 0.15) is 40.9 Å². The van der Waals surface area contributed by atoms with E-state index in [4.69, 9.17) is 0 Å². The van der Waals surface area contributed by atoms with Crippen LogP contribution in [0.3, 0.4) is 0 Å². The quantitative estimate of drug-likeness (QED) is 0.942. The molecular formula is C19H23N3O. The average Bonchev–Trinajstić information content (AvgIpc) is 2.62.